The van der Waals surface area contributed by atoms with Crippen LogP contribution in [-0.4, -0.2) is 21.5 Å². The number of hydrogen-bond donors (Lipinski definition) is 4. The fourth-order valence-corrected chi connectivity index (χ4v) is 4.29. The first-order valence-corrected chi connectivity index (χ1v) is 13.1. The molecule has 0 aliphatic carbocycles. The number of nitrogen functional groups attached to an aromatic ring is 1. The molecule has 6 heteroatoms. The van der Waals surface area contributed by atoms with Gasteiger partial charge in [0, 0.05) is 63.2 Å². The molecule has 0 unspecified atom stereocenters. The molecule has 0 saturated carbocycles. The van der Waals surface area contributed by atoms with Crippen molar-refractivity contribution >= 4 is 44.7 Å². The van der Waals surface area contributed by atoms with Crippen molar-refractivity contribution < 1.29 is 9.59 Å². The van der Waals surface area contributed by atoms with Crippen LogP contribution in [0.3, 0.4) is 0 Å². The maximum absolute atomic E-state index is 11.6. The van der Waals surface area contributed by atoms with Crippen molar-refractivity contribution in [1.29, 1.82) is 0 Å². The summed E-state index contributed by atoms with van der Waals surface area (Å²) >= 11 is 0. The number of aromatic amines is 2. The Hall–Kier alpha value is -5.10. The number of nitrogens with one attached hydrogen (secondary N) is 3. The molecule has 6 aromatic rings. The van der Waals surface area contributed by atoms with E-state index in [0.29, 0.717) is 11.3 Å². The van der Waals surface area contributed by atoms with Gasteiger partial charge < -0.3 is 21.0 Å². The van der Waals surface area contributed by atoms with Gasteiger partial charge in [-0.25, -0.2) is 0 Å². The van der Waals surface area contributed by atoms with Gasteiger partial charge in [-0.1, -0.05) is 73.7 Å². The van der Waals surface area contributed by atoms with Crippen LogP contribution in [0.15, 0.2) is 109 Å². The van der Waals surface area contributed by atoms with Gasteiger partial charge in [-0.15, -0.1) is 0 Å². The molecule has 0 radical (unpaired) electrons. The largest absolute Gasteiger partial charge is 0.399 e. The Kier molecular flexibility index (Phi) is 10.6. The molecule has 0 saturated heterocycles. The number of anilines is 2. The van der Waals surface area contributed by atoms with E-state index in [0.717, 1.165) is 39.6 Å². The normalized spacial score (nSPS) is 10.0. The summed E-state index contributed by atoms with van der Waals surface area (Å²) in [7, 11) is 0. The number of H-pyrrole nitrogens is 2. The van der Waals surface area contributed by atoms with E-state index in [-0.39, 0.29) is 19.0 Å². The molecule has 0 aliphatic rings. The number of hydrogen-bond acceptors (Lipinski definition) is 4. The summed E-state index contributed by atoms with van der Waals surface area (Å²) in [6, 6.07) is 32.0. The summed E-state index contributed by atoms with van der Waals surface area (Å²) < 4.78 is 0. The number of carbonyl (C=O) groups is 2. The van der Waals surface area contributed by atoms with Gasteiger partial charge in [0.05, 0.1) is 0 Å². The molecule has 4 aromatic carbocycles. The van der Waals surface area contributed by atoms with Crippen molar-refractivity contribution in [1.82, 2.24) is 9.97 Å². The number of fused-ring (bicyclic) bond motifs is 2. The second kappa shape index (κ2) is 14.3. The highest BCUT2D eigenvalue weighted by molar-refractivity contribution is 6.08. The fourth-order valence-electron chi connectivity index (χ4n) is 4.29. The monoisotopic (exact) mass is 546 g/mol. The number of ketones is 2. The van der Waals surface area contributed by atoms with Crippen LogP contribution in [0.25, 0.3) is 21.8 Å². The van der Waals surface area contributed by atoms with E-state index in [2.05, 4.69) is 46.5 Å². The maximum atomic E-state index is 11.6. The molecule has 0 bridgehead atoms. The molecular weight excluding hydrogens is 508 g/mol. The van der Waals surface area contributed by atoms with Crippen molar-refractivity contribution in [2.75, 3.05) is 11.1 Å². The van der Waals surface area contributed by atoms with Crippen molar-refractivity contribution in [2.45, 2.75) is 34.7 Å². The first-order valence-electron chi connectivity index (χ1n) is 13.1. The Labute approximate surface area is 241 Å². The van der Waals surface area contributed by atoms with Crippen molar-refractivity contribution in [3.63, 3.8) is 0 Å². The maximum Gasteiger partial charge on any atom is 0.161 e. The Bertz CT molecular complexity index is 1720. The number of aryl methyl sites for hydroxylation is 1. The Balaban J connectivity index is 0.000000189. The van der Waals surface area contributed by atoms with E-state index >= 15 is 0 Å². The van der Waals surface area contributed by atoms with Gasteiger partial charge in [0.1, 0.15) is 0 Å². The second-order valence-electron chi connectivity index (χ2n) is 9.58. The van der Waals surface area contributed by atoms with Crippen LogP contribution in [0.5, 0.6) is 0 Å². The molecule has 0 spiro atoms. The molecule has 5 N–H and O–H groups in total. The molecular formula is C35H38N4O2. The van der Waals surface area contributed by atoms with Gasteiger partial charge in [-0.2, -0.15) is 0 Å². The lowest BCUT2D eigenvalue weighted by Gasteiger charge is -2.07. The minimum absolute atomic E-state index is 0. The summed E-state index contributed by atoms with van der Waals surface area (Å²) in [5.41, 5.74) is 13.2. The van der Waals surface area contributed by atoms with Crippen LogP contribution in [0.2, 0.25) is 0 Å². The molecule has 6 rings (SSSR count). The molecule has 6 nitrogen and oxygen atoms in total. The van der Waals surface area contributed by atoms with Crippen LogP contribution >= 0.6 is 0 Å². The number of aromatic nitrogens is 2. The zero-order valence-electron chi connectivity index (χ0n) is 23.0. The van der Waals surface area contributed by atoms with Crippen LogP contribution in [-0.2, 0) is 6.54 Å². The quantitative estimate of drug-likeness (QED) is 0.128. The zero-order chi connectivity index (χ0) is 28.5. The van der Waals surface area contributed by atoms with E-state index in [1.165, 1.54) is 11.1 Å². The Morgan fingerprint density at radius 1 is 0.707 bits per heavy atom. The standard InChI is InChI=1S/C17H16N2O.C10H10N2O.C7H8.CH4/c1-12(20)16-11-19-17-8-7-14(9-15(16)17)18-10-13-5-3-2-4-6-13;1-6(13)9-5-12-10-3-2-7(11)4-8(9)10;1-7-5-3-2-4-6-7;/h2-9,11,18-19H,10H2,1H3;2-5,12H,11H2,1H3;2-6H,1H3;1H4. The smallest absolute Gasteiger partial charge is 0.161 e. The molecule has 210 valence electrons. The summed E-state index contributed by atoms with van der Waals surface area (Å²) in [5.74, 6) is 0.133. The van der Waals surface area contributed by atoms with Crippen LogP contribution < -0.4 is 11.1 Å². The highest BCUT2D eigenvalue weighted by Gasteiger charge is 2.08. The van der Waals surface area contributed by atoms with E-state index in [9.17, 15) is 9.59 Å². The van der Waals surface area contributed by atoms with Gasteiger partial charge >= 0.3 is 0 Å². The lowest BCUT2D eigenvalue weighted by atomic mass is 10.1. The van der Waals surface area contributed by atoms with Gasteiger partial charge in [0.25, 0.3) is 0 Å². The van der Waals surface area contributed by atoms with E-state index < -0.39 is 0 Å². The van der Waals surface area contributed by atoms with E-state index in [1.807, 2.05) is 72.8 Å². The summed E-state index contributed by atoms with van der Waals surface area (Å²) in [6.45, 7) is 5.99. The Morgan fingerprint density at radius 3 is 1.73 bits per heavy atom. The average Bonchev–Trinajstić information content (AvgIpc) is 3.58. The van der Waals surface area contributed by atoms with Gasteiger partial charge in [0.15, 0.2) is 11.6 Å². The van der Waals surface area contributed by atoms with Crippen molar-refractivity contribution in [3.05, 3.63) is 132 Å². The van der Waals surface area contributed by atoms with E-state index in [1.54, 1.807) is 26.2 Å². The summed E-state index contributed by atoms with van der Waals surface area (Å²) in [4.78, 5) is 28.9. The van der Waals surface area contributed by atoms with Gasteiger partial charge in [-0.3, -0.25) is 9.59 Å². The first-order chi connectivity index (χ1) is 19.3. The number of Topliss-reactive ketones (excluding diaryl/α,β-unsaturated/α-hetero) is 2. The van der Waals surface area contributed by atoms with E-state index in [4.69, 9.17) is 5.73 Å². The predicted molar refractivity (Wildman–Crippen MR) is 173 cm³/mol. The highest BCUT2D eigenvalue weighted by Crippen LogP contribution is 2.23. The van der Waals surface area contributed by atoms with Crippen molar-refractivity contribution in [2.24, 2.45) is 0 Å². The topological polar surface area (TPSA) is 104 Å². The van der Waals surface area contributed by atoms with Crippen LogP contribution in [0, 0.1) is 6.92 Å². The Morgan fingerprint density at radius 2 is 1.22 bits per heavy atom. The molecule has 0 atom stereocenters. The molecule has 0 aliphatic heterocycles. The van der Waals surface area contributed by atoms with Crippen LogP contribution in [0.1, 0.15) is 53.1 Å². The number of nitrogens with two attached hydrogens (primary N) is 1. The molecule has 0 fully saturated rings. The van der Waals surface area contributed by atoms with Gasteiger partial charge in [0.2, 0.25) is 0 Å². The third-order valence-electron chi connectivity index (χ3n) is 6.43. The first kappa shape index (κ1) is 30.4. The van der Waals surface area contributed by atoms with Gasteiger partial charge in [-0.05, 0) is 62.7 Å². The number of benzene rings is 4. The van der Waals surface area contributed by atoms with Crippen LogP contribution in [0.4, 0.5) is 11.4 Å². The highest BCUT2D eigenvalue weighted by atomic mass is 16.1. The summed E-state index contributed by atoms with van der Waals surface area (Å²) in [6.07, 6.45) is 3.49. The fraction of sp³-hybridized carbons (Fsp3) is 0.143. The summed E-state index contributed by atoms with van der Waals surface area (Å²) in [5, 5.41) is 5.25. The number of carbonyl (C=O) groups excluding carboxylic acids is 2. The molecule has 2 aromatic heterocycles. The van der Waals surface area contributed by atoms with Crippen molar-refractivity contribution in [3.8, 4) is 0 Å². The molecule has 0 amide bonds. The predicted octanol–water partition coefficient (Wildman–Crippen LogP) is 8.57. The zero-order valence-corrected chi connectivity index (χ0v) is 23.0. The molecule has 41 heavy (non-hydrogen) atoms. The SMILES string of the molecule is C.CC(=O)c1c[nH]c2ccc(N)cc12.CC(=O)c1c[nH]c2ccc(NCc3ccccc3)cc12.Cc1ccccc1. The minimum atomic E-state index is 0. The lowest BCUT2D eigenvalue weighted by Crippen LogP contribution is -1.99. The molecule has 2 heterocycles. The third-order valence-corrected chi connectivity index (χ3v) is 6.43. The average molecular weight is 547 g/mol. The lowest BCUT2D eigenvalue weighted by molar-refractivity contribution is 0.101. The second-order valence-corrected chi connectivity index (χ2v) is 9.58. The minimum Gasteiger partial charge on any atom is -0.399 e. The third kappa shape index (κ3) is 8.19. The number of rotatable bonds is 5.